The lowest BCUT2D eigenvalue weighted by Gasteiger charge is -2.30. The van der Waals surface area contributed by atoms with E-state index >= 15 is 0 Å². The molecule has 30 heavy (non-hydrogen) atoms. The molecule has 10 heteroatoms. The Labute approximate surface area is 173 Å². The molecule has 2 amide bonds. The number of nitrogens with one attached hydrogen (secondary N) is 1. The fraction of sp³-hybridized carbons (Fsp3) is 0.400. The highest BCUT2D eigenvalue weighted by Crippen LogP contribution is 2.26. The van der Waals surface area contributed by atoms with Gasteiger partial charge in [0, 0.05) is 37.6 Å². The molecule has 4 rings (SSSR count). The summed E-state index contributed by atoms with van der Waals surface area (Å²) in [5.41, 5.74) is 1.55. The first-order chi connectivity index (χ1) is 14.5. The van der Waals surface area contributed by atoms with E-state index in [-0.39, 0.29) is 18.4 Å². The highest BCUT2D eigenvalue weighted by atomic mass is 16.5. The molecule has 1 atom stereocenters. The number of amides is 2. The van der Waals surface area contributed by atoms with Crippen molar-refractivity contribution < 1.29 is 14.1 Å². The molecule has 1 aliphatic rings. The number of carbonyl (C=O) groups is 2. The Bertz CT molecular complexity index is 1040. The molecule has 1 aliphatic heterocycles. The molecular formula is C20H23N7O3. The number of aromatic amines is 1. The Kier molecular flexibility index (Phi) is 5.30. The van der Waals surface area contributed by atoms with Crippen LogP contribution < -0.4 is 0 Å². The highest BCUT2D eigenvalue weighted by Gasteiger charge is 2.35. The van der Waals surface area contributed by atoms with Gasteiger partial charge in [0.05, 0.1) is 5.69 Å². The van der Waals surface area contributed by atoms with Crippen LogP contribution >= 0.6 is 0 Å². The first-order valence-electron chi connectivity index (χ1n) is 9.77. The van der Waals surface area contributed by atoms with Crippen molar-refractivity contribution in [3.8, 4) is 0 Å². The second-order valence-electron chi connectivity index (χ2n) is 7.33. The Morgan fingerprint density at radius 1 is 1.13 bits per heavy atom. The van der Waals surface area contributed by atoms with Gasteiger partial charge in [0.25, 0.3) is 11.8 Å². The summed E-state index contributed by atoms with van der Waals surface area (Å²) in [7, 11) is 0. The van der Waals surface area contributed by atoms with Crippen molar-refractivity contribution in [1.82, 2.24) is 35.1 Å². The van der Waals surface area contributed by atoms with Gasteiger partial charge in [-0.05, 0) is 39.3 Å². The van der Waals surface area contributed by atoms with Gasteiger partial charge >= 0.3 is 0 Å². The van der Waals surface area contributed by atoms with Crippen molar-refractivity contribution in [3.63, 3.8) is 0 Å². The molecule has 0 aliphatic carbocycles. The molecule has 0 aromatic carbocycles. The number of pyridine rings is 1. The van der Waals surface area contributed by atoms with Crippen LogP contribution in [0.3, 0.4) is 0 Å². The second-order valence-corrected chi connectivity index (χ2v) is 7.33. The van der Waals surface area contributed by atoms with Crippen LogP contribution in [0.2, 0.25) is 0 Å². The van der Waals surface area contributed by atoms with Crippen molar-refractivity contribution >= 4 is 11.8 Å². The van der Waals surface area contributed by atoms with Crippen LogP contribution in [0.4, 0.5) is 0 Å². The van der Waals surface area contributed by atoms with Gasteiger partial charge in [0.15, 0.2) is 5.82 Å². The van der Waals surface area contributed by atoms with Gasteiger partial charge in [0.1, 0.15) is 23.2 Å². The number of carbonyl (C=O) groups excluding carboxylic acids is 2. The minimum atomic E-state index is -0.484. The zero-order valence-electron chi connectivity index (χ0n) is 17.1. The molecule has 1 saturated heterocycles. The van der Waals surface area contributed by atoms with Gasteiger partial charge in [-0.2, -0.15) is 5.10 Å². The van der Waals surface area contributed by atoms with E-state index in [9.17, 15) is 9.59 Å². The number of nitrogens with zero attached hydrogens (tertiary/aromatic N) is 6. The predicted octanol–water partition coefficient (Wildman–Crippen LogP) is 1.84. The summed E-state index contributed by atoms with van der Waals surface area (Å²) in [4.78, 5) is 38.4. The molecule has 10 nitrogen and oxygen atoms in total. The lowest BCUT2D eigenvalue weighted by molar-refractivity contribution is 0.0621. The third-order valence-electron chi connectivity index (χ3n) is 5.23. The van der Waals surface area contributed by atoms with E-state index in [1.165, 1.54) is 0 Å². The van der Waals surface area contributed by atoms with E-state index in [0.29, 0.717) is 53.7 Å². The van der Waals surface area contributed by atoms with Gasteiger partial charge in [-0.25, -0.2) is 4.98 Å². The van der Waals surface area contributed by atoms with E-state index in [2.05, 4.69) is 25.3 Å². The van der Waals surface area contributed by atoms with Crippen LogP contribution in [0.15, 0.2) is 29.0 Å². The molecule has 3 aromatic heterocycles. The van der Waals surface area contributed by atoms with Crippen molar-refractivity contribution in [2.45, 2.75) is 33.2 Å². The number of hydrogen-bond donors (Lipinski definition) is 1. The third-order valence-corrected chi connectivity index (χ3v) is 5.23. The molecule has 3 aromatic rings. The molecule has 0 bridgehead atoms. The van der Waals surface area contributed by atoms with Gasteiger partial charge in [-0.3, -0.25) is 19.7 Å². The summed E-state index contributed by atoms with van der Waals surface area (Å²) in [6.45, 7) is 6.52. The van der Waals surface area contributed by atoms with Gasteiger partial charge < -0.3 is 14.3 Å². The third kappa shape index (κ3) is 3.68. The molecule has 1 N–H and O–H groups in total. The van der Waals surface area contributed by atoms with Crippen LogP contribution in [-0.4, -0.2) is 66.6 Å². The van der Waals surface area contributed by atoms with Crippen molar-refractivity contribution in [3.05, 3.63) is 58.8 Å². The Morgan fingerprint density at radius 2 is 1.90 bits per heavy atom. The van der Waals surface area contributed by atoms with Gasteiger partial charge in [0.2, 0.25) is 0 Å². The molecule has 156 valence electrons. The minimum Gasteiger partial charge on any atom is -0.361 e. The van der Waals surface area contributed by atoms with E-state index < -0.39 is 6.04 Å². The van der Waals surface area contributed by atoms with Crippen molar-refractivity contribution in [2.24, 2.45) is 0 Å². The average molecular weight is 409 g/mol. The van der Waals surface area contributed by atoms with Crippen LogP contribution in [0.5, 0.6) is 0 Å². The van der Waals surface area contributed by atoms with E-state index in [4.69, 9.17) is 4.52 Å². The van der Waals surface area contributed by atoms with Crippen LogP contribution in [-0.2, 0) is 0 Å². The molecule has 0 spiro atoms. The molecule has 0 saturated carbocycles. The van der Waals surface area contributed by atoms with Crippen molar-refractivity contribution in [1.29, 1.82) is 0 Å². The zero-order chi connectivity index (χ0) is 21.3. The Morgan fingerprint density at radius 3 is 2.53 bits per heavy atom. The number of aromatic nitrogens is 5. The molecule has 1 unspecified atom stereocenters. The summed E-state index contributed by atoms with van der Waals surface area (Å²) >= 11 is 0. The normalized spacial score (nSPS) is 17.1. The van der Waals surface area contributed by atoms with Crippen LogP contribution in [0, 0.1) is 20.8 Å². The topological polar surface area (TPSA) is 121 Å². The monoisotopic (exact) mass is 409 g/mol. The van der Waals surface area contributed by atoms with E-state index in [1.807, 2.05) is 0 Å². The smallest absolute Gasteiger partial charge is 0.259 e. The number of rotatable bonds is 3. The van der Waals surface area contributed by atoms with E-state index in [1.54, 1.807) is 55.1 Å². The largest absolute Gasteiger partial charge is 0.361 e. The molecular weight excluding hydrogens is 386 g/mol. The maximum Gasteiger partial charge on any atom is 0.259 e. The summed E-state index contributed by atoms with van der Waals surface area (Å²) in [5.74, 6) is 1.30. The summed E-state index contributed by atoms with van der Waals surface area (Å²) in [6, 6.07) is 2.88. The summed E-state index contributed by atoms with van der Waals surface area (Å²) in [6.07, 6.45) is 3.81. The molecule has 4 heterocycles. The standard InChI is InChI=1S/C20H23N7O3/c1-12-17(13(2)30-25-12)20(29)26-9-4-10-27(19(28)15-5-7-21-8-6-15)16(11-26)18-22-14(3)23-24-18/h5-8,16H,4,9-11H2,1-3H3,(H,22,23,24). The summed E-state index contributed by atoms with van der Waals surface area (Å²) < 4.78 is 5.17. The Hall–Kier alpha value is -3.56. The molecule has 0 radical (unpaired) electrons. The number of aryl methyl sites for hydroxylation is 3. The van der Waals surface area contributed by atoms with Gasteiger partial charge in [-0.1, -0.05) is 5.16 Å². The lowest BCUT2D eigenvalue weighted by atomic mass is 10.1. The lowest BCUT2D eigenvalue weighted by Crippen LogP contribution is -2.41. The fourth-order valence-electron chi connectivity index (χ4n) is 3.75. The second kappa shape index (κ2) is 8.05. The maximum absolute atomic E-state index is 13.3. The zero-order valence-corrected chi connectivity index (χ0v) is 17.1. The number of H-pyrrole nitrogens is 1. The number of hydrogen-bond acceptors (Lipinski definition) is 7. The Balaban J connectivity index is 1.68. The van der Waals surface area contributed by atoms with E-state index in [0.717, 1.165) is 0 Å². The quantitative estimate of drug-likeness (QED) is 0.700. The highest BCUT2D eigenvalue weighted by molar-refractivity contribution is 5.96. The fourth-order valence-corrected chi connectivity index (χ4v) is 3.75. The summed E-state index contributed by atoms with van der Waals surface area (Å²) in [5, 5.41) is 11.0. The molecule has 1 fully saturated rings. The minimum absolute atomic E-state index is 0.142. The SMILES string of the molecule is Cc1nc(C2CN(C(=O)c3c(C)noc3C)CCCN2C(=O)c2ccncc2)n[nH]1. The van der Waals surface area contributed by atoms with Crippen LogP contribution in [0.1, 0.15) is 56.3 Å². The predicted molar refractivity (Wildman–Crippen MR) is 106 cm³/mol. The van der Waals surface area contributed by atoms with Gasteiger partial charge in [-0.15, -0.1) is 0 Å². The first kappa shape index (κ1) is 19.7. The first-order valence-corrected chi connectivity index (χ1v) is 9.77. The maximum atomic E-state index is 13.3. The average Bonchev–Trinajstić information content (AvgIpc) is 3.24. The van der Waals surface area contributed by atoms with Crippen LogP contribution in [0.25, 0.3) is 0 Å². The van der Waals surface area contributed by atoms with Crippen molar-refractivity contribution in [2.75, 3.05) is 19.6 Å².